The van der Waals surface area contributed by atoms with Gasteiger partial charge in [0, 0.05) is 20.2 Å². The lowest BCUT2D eigenvalue weighted by atomic mass is 10.2. The SMILES string of the molecule is C=CC(C)Oc1cc(CNCCOC)ccc1OC. The van der Waals surface area contributed by atoms with Gasteiger partial charge in [0.1, 0.15) is 6.10 Å². The average molecular weight is 265 g/mol. The second kappa shape index (κ2) is 8.56. The number of hydrogen-bond donors (Lipinski definition) is 1. The van der Waals surface area contributed by atoms with Crippen LogP contribution in [0.25, 0.3) is 0 Å². The van der Waals surface area contributed by atoms with Crippen LogP contribution in [0.5, 0.6) is 11.5 Å². The third-order valence-corrected chi connectivity index (χ3v) is 2.68. The highest BCUT2D eigenvalue weighted by molar-refractivity contribution is 5.43. The first-order valence-electron chi connectivity index (χ1n) is 6.37. The van der Waals surface area contributed by atoms with Gasteiger partial charge in [0.05, 0.1) is 13.7 Å². The number of ether oxygens (including phenoxy) is 3. The van der Waals surface area contributed by atoms with Gasteiger partial charge < -0.3 is 19.5 Å². The van der Waals surface area contributed by atoms with Crippen LogP contribution in [0, 0.1) is 0 Å². The highest BCUT2D eigenvalue weighted by Crippen LogP contribution is 2.29. The Hall–Kier alpha value is -1.52. The molecule has 1 atom stereocenters. The standard InChI is InChI=1S/C15H23NO3/c1-5-12(2)19-15-10-13(6-7-14(15)18-4)11-16-8-9-17-3/h5-7,10,12,16H,1,8-9,11H2,2-4H3. The number of benzene rings is 1. The van der Waals surface area contributed by atoms with Crippen molar-refractivity contribution >= 4 is 0 Å². The highest BCUT2D eigenvalue weighted by atomic mass is 16.5. The topological polar surface area (TPSA) is 39.7 Å². The molecule has 4 nitrogen and oxygen atoms in total. The van der Waals surface area contributed by atoms with Crippen molar-refractivity contribution in [1.29, 1.82) is 0 Å². The molecule has 1 N–H and O–H groups in total. The molecule has 0 aromatic heterocycles. The Morgan fingerprint density at radius 3 is 2.74 bits per heavy atom. The fourth-order valence-corrected chi connectivity index (χ4v) is 1.58. The summed E-state index contributed by atoms with van der Waals surface area (Å²) >= 11 is 0. The molecule has 1 aromatic rings. The van der Waals surface area contributed by atoms with Gasteiger partial charge >= 0.3 is 0 Å². The van der Waals surface area contributed by atoms with Crippen LogP contribution in [0.1, 0.15) is 12.5 Å². The van der Waals surface area contributed by atoms with Crippen molar-refractivity contribution in [1.82, 2.24) is 5.32 Å². The van der Waals surface area contributed by atoms with E-state index >= 15 is 0 Å². The van der Waals surface area contributed by atoms with Gasteiger partial charge in [-0.3, -0.25) is 0 Å². The zero-order chi connectivity index (χ0) is 14.1. The number of rotatable bonds is 9. The summed E-state index contributed by atoms with van der Waals surface area (Å²) in [6.45, 7) is 7.95. The third kappa shape index (κ3) is 5.32. The molecule has 1 rings (SSSR count). The van der Waals surface area contributed by atoms with Crippen molar-refractivity contribution in [3.63, 3.8) is 0 Å². The Morgan fingerprint density at radius 1 is 1.32 bits per heavy atom. The molecule has 1 aromatic carbocycles. The van der Waals surface area contributed by atoms with E-state index in [1.165, 1.54) is 0 Å². The third-order valence-electron chi connectivity index (χ3n) is 2.68. The van der Waals surface area contributed by atoms with Gasteiger partial charge in [-0.05, 0) is 24.6 Å². The largest absolute Gasteiger partial charge is 0.493 e. The predicted molar refractivity (Wildman–Crippen MR) is 76.9 cm³/mol. The Kier molecular flexibility index (Phi) is 7.00. The lowest BCUT2D eigenvalue weighted by molar-refractivity contribution is 0.199. The molecular weight excluding hydrogens is 242 g/mol. The number of methoxy groups -OCH3 is 2. The van der Waals surface area contributed by atoms with Crippen LogP contribution in [-0.2, 0) is 11.3 Å². The minimum absolute atomic E-state index is 0.0504. The van der Waals surface area contributed by atoms with Crippen molar-refractivity contribution in [2.75, 3.05) is 27.4 Å². The van der Waals surface area contributed by atoms with E-state index in [9.17, 15) is 0 Å². The summed E-state index contributed by atoms with van der Waals surface area (Å²) in [5, 5.41) is 3.29. The van der Waals surface area contributed by atoms with E-state index in [0.717, 1.165) is 30.2 Å². The van der Waals surface area contributed by atoms with E-state index in [-0.39, 0.29) is 6.10 Å². The van der Waals surface area contributed by atoms with Gasteiger partial charge in [-0.15, -0.1) is 0 Å². The molecule has 0 radical (unpaired) electrons. The smallest absolute Gasteiger partial charge is 0.162 e. The molecule has 19 heavy (non-hydrogen) atoms. The molecule has 0 aliphatic rings. The molecule has 0 aliphatic heterocycles. The minimum Gasteiger partial charge on any atom is -0.493 e. The molecule has 0 aliphatic carbocycles. The van der Waals surface area contributed by atoms with Crippen LogP contribution in [-0.4, -0.2) is 33.5 Å². The zero-order valence-electron chi connectivity index (χ0n) is 11.9. The maximum atomic E-state index is 5.76. The predicted octanol–water partition coefficient (Wildman–Crippen LogP) is 2.38. The average Bonchev–Trinajstić information content (AvgIpc) is 2.43. The fourth-order valence-electron chi connectivity index (χ4n) is 1.58. The Balaban J connectivity index is 2.68. The first kappa shape index (κ1) is 15.5. The summed E-state index contributed by atoms with van der Waals surface area (Å²) in [4.78, 5) is 0. The summed E-state index contributed by atoms with van der Waals surface area (Å²) < 4.78 is 16.0. The van der Waals surface area contributed by atoms with E-state index in [1.807, 2.05) is 25.1 Å². The van der Waals surface area contributed by atoms with Crippen molar-refractivity contribution in [2.45, 2.75) is 19.6 Å². The first-order valence-corrected chi connectivity index (χ1v) is 6.37. The molecule has 0 saturated carbocycles. The van der Waals surface area contributed by atoms with Crippen LogP contribution in [0.3, 0.4) is 0 Å². The maximum absolute atomic E-state index is 5.76. The lowest BCUT2D eigenvalue weighted by Crippen LogP contribution is -2.18. The van der Waals surface area contributed by atoms with E-state index in [4.69, 9.17) is 14.2 Å². The quantitative estimate of drug-likeness (QED) is 0.550. The fraction of sp³-hybridized carbons (Fsp3) is 0.467. The molecule has 106 valence electrons. The van der Waals surface area contributed by atoms with Gasteiger partial charge in [0.25, 0.3) is 0 Å². The summed E-state index contributed by atoms with van der Waals surface area (Å²) in [5.74, 6) is 1.47. The Labute approximate surface area is 115 Å². The Bertz CT molecular complexity index is 393. The second-order valence-corrected chi connectivity index (χ2v) is 4.21. The van der Waals surface area contributed by atoms with Gasteiger partial charge in [-0.2, -0.15) is 0 Å². The molecule has 0 fully saturated rings. The van der Waals surface area contributed by atoms with Crippen LogP contribution in [0.2, 0.25) is 0 Å². The van der Waals surface area contributed by atoms with Gasteiger partial charge in [-0.1, -0.05) is 18.7 Å². The van der Waals surface area contributed by atoms with Gasteiger partial charge in [-0.25, -0.2) is 0 Å². The van der Waals surface area contributed by atoms with Gasteiger partial charge in [0.2, 0.25) is 0 Å². The van der Waals surface area contributed by atoms with Crippen LogP contribution < -0.4 is 14.8 Å². The van der Waals surface area contributed by atoms with E-state index in [1.54, 1.807) is 20.3 Å². The molecule has 0 amide bonds. The summed E-state index contributed by atoms with van der Waals surface area (Å²) in [5.41, 5.74) is 1.14. The summed E-state index contributed by atoms with van der Waals surface area (Å²) in [6.07, 6.45) is 1.70. The number of hydrogen-bond acceptors (Lipinski definition) is 4. The zero-order valence-corrected chi connectivity index (χ0v) is 11.9. The van der Waals surface area contributed by atoms with Crippen LogP contribution >= 0.6 is 0 Å². The maximum Gasteiger partial charge on any atom is 0.162 e. The van der Waals surface area contributed by atoms with Crippen LogP contribution in [0.4, 0.5) is 0 Å². The van der Waals surface area contributed by atoms with E-state index in [0.29, 0.717) is 6.61 Å². The van der Waals surface area contributed by atoms with Crippen molar-refractivity contribution in [3.8, 4) is 11.5 Å². The Morgan fingerprint density at radius 2 is 2.11 bits per heavy atom. The van der Waals surface area contributed by atoms with Crippen molar-refractivity contribution < 1.29 is 14.2 Å². The number of nitrogens with one attached hydrogen (secondary N) is 1. The molecule has 4 heteroatoms. The van der Waals surface area contributed by atoms with Gasteiger partial charge in [0.15, 0.2) is 11.5 Å². The van der Waals surface area contributed by atoms with Crippen LogP contribution in [0.15, 0.2) is 30.9 Å². The molecule has 1 unspecified atom stereocenters. The minimum atomic E-state index is -0.0504. The molecule has 0 spiro atoms. The summed E-state index contributed by atoms with van der Waals surface area (Å²) in [7, 11) is 3.33. The molecular formula is C15H23NO3. The van der Waals surface area contributed by atoms with E-state index < -0.39 is 0 Å². The normalized spacial score (nSPS) is 11.9. The molecule has 0 saturated heterocycles. The second-order valence-electron chi connectivity index (χ2n) is 4.21. The highest BCUT2D eigenvalue weighted by Gasteiger charge is 2.08. The summed E-state index contributed by atoms with van der Waals surface area (Å²) in [6, 6.07) is 5.92. The first-order chi connectivity index (χ1) is 9.21. The molecule has 0 bridgehead atoms. The van der Waals surface area contributed by atoms with Crippen molar-refractivity contribution in [3.05, 3.63) is 36.4 Å². The van der Waals surface area contributed by atoms with E-state index in [2.05, 4.69) is 11.9 Å². The molecule has 0 heterocycles. The monoisotopic (exact) mass is 265 g/mol. The lowest BCUT2D eigenvalue weighted by Gasteiger charge is -2.15. The van der Waals surface area contributed by atoms with Crippen molar-refractivity contribution in [2.24, 2.45) is 0 Å².